The minimum Gasteiger partial charge on any atom is -0.480 e. The number of aliphatic carboxylic acids is 1. The third-order valence-corrected chi connectivity index (χ3v) is 2.18. The van der Waals surface area contributed by atoms with E-state index in [4.69, 9.17) is 10.2 Å². The van der Waals surface area contributed by atoms with Crippen molar-refractivity contribution in [2.45, 2.75) is 32.4 Å². The van der Waals surface area contributed by atoms with Gasteiger partial charge in [0.1, 0.15) is 0 Å². The molecule has 0 radical (unpaired) electrons. The van der Waals surface area contributed by atoms with Crippen LogP contribution in [-0.4, -0.2) is 64.1 Å². The van der Waals surface area contributed by atoms with Crippen LogP contribution >= 0.6 is 0 Å². The van der Waals surface area contributed by atoms with E-state index in [-0.39, 0.29) is 13.2 Å². The molecule has 0 unspecified atom stereocenters. The zero-order chi connectivity index (χ0) is 13.4. The average Bonchev–Trinajstić information content (AvgIpc) is 2.24. The first kappa shape index (κ1) is 15.7. The molecule has 0 rings (SSSR count). The fraction of sp³-hybridized carbons (Fsp3) is 0.800. The number of nitrogens with one attached hydrogen (secondary N) is 1. The van der Waals surface area contributed by atoms with Gasteiger partial charge in [-0.2, -0.15) is 0 Å². The fourth-order valence-electron chi connectivity index (χ4n) is 1.32. The van der Waals surface area contributed by atoms with E-state index in [1.165, 1.54) is 11.8 Å². The quantitative estimate of drug-likeness (QED) is 0.473. The first-order valence-electron chi connectivity index (χ1n) is 5.51. The number of carboxylic acids is 1. The van der Waals surface area contributed by atoms with Gasteiger partial charge in [0, 0.05) is 13.1 Å². The molecule has 100 valence electrons. The molecule has 0 aliphatic heterocycles. The Kier molecular flexibility index (Phi) is 7.24. The lowest BCUT2D eigenvalue weighted by Crippen LogP contribution is -2.53. The van der Waals surface area contributed by atoms with Gasteiger partial charge in [-0.25, -0.2) is 9.59 Å². The summed E-state index contributed by atoms with van der Waals surface area (Å²) in [5.41, 5.74) is 0. The first-order chi connectivity index (χ1) is 7.93. The largest absolute Gasteiger partial charge is 0.480 e. The van der Waals surface area contributed by atoms with Crippen LogP contribution in [0.2, 0.25) is 0 Å². The van der Waals surface area contributed by atoms with Crippen molar-refractivity contribution in [3.8, 4) is 0 Å². The number of carboxylic acid groups (broad SMARTS) is 1. The number of hydrogen-bond donors (Lipinski definition) is 4. The molecule has 2 atom stereocenters. The molecule has 0 heterocycles. The van der Waals surface area contributed by atoms with Gasteiger partial charge in [-0.3, -0.25) is 0 Å². The van der Waals surface area contributed by atoms with Crippen LogP contribution in [0.1, 0.15) is 20.3 Å². The molecule has 7 heteroatoms. The molecule has 0 aromatic rings. The molecule has 0 bridgehead atoms. The summed E-state index contributed by atoms with van der Waals surface area (Å²) in [6.07, 6.45) is -0.492. The van der Waals surface area contributed by atoms with Gasteiger partial charge in [-0.15, -0.1) is 0 Å². The molecule has 7 nitrogen and oxygen atoms in total. The normalized spacial score (nSPS) is 13.9. The number of nitrogens with zero attached hydrogens (tertiary/aromatic N) is 1. The van der Waals surface area contributed by atoms with Crippen LogP contribution in [0.3, 0.4) is 0 Å². The van der Waals surface area contributed by atoms with Crippen LogP contribution in [0.4, 0.5) is 4.79 Å². The van der Waals surface area contributed by atoms with Crippen molar-refractivity contribution in [3.05, 3.63) is 0 Å². The van der Waals surface area contributed by atoms with Gasteiger partial charge in [0.15, 0.2) is 6.04 Å². The maximum atomic E-state index is 11.7. The van der Waals surface area contributed by atoms with Crippen molar-refractivity contribution in [1.29, 1.82) is 0 Å². The summed E-state index contributed by atoms with van der Waals surface area (Å²) >= 11 is 0. The van der Waals surface area contributed by atoms with Crippen LogP contribution in [0.25, 0.3) is 0 Å². The molecular formula is C10H20N2O5. The van der Waals surface area contributed by atoms with Crippen molar-refractivity contribution >= 4 is 12.0 Å². The minimum atomic E-state index is -1.35. The van der Waals surface area contributed by atoms with Crippen molar-refractivity contribution in [3.63, 3.8) is 0 Å². The molecule has 0 saturated carbocycles. The highest BCUT2D eigenvalue weighted by Crippen LogP contribution is 1.98. The minimum absolute atomic E-state index is 0.131. The summed E-state index contributed by atoms with van der Waals surface area (Å²) in [5.74, 6) is -1.30. The third kappa shape index (κ3) is 5.50. The Bertz CT molecular complexity index is 251. The van der Waals surface area contributed by atoms with Gasteiger partial charge < -0.3 is 25.5 Å². The van der Waals surface area contributed by atoms with E-state index in [0.29, 0.717) is 13.0 Å². The lowest BCUT2D eigenvalue weighted by atomic mass is 10.2. The predicted octanol–water partition coefficient (Wildman–Crippen LogP) is -0.766. The second-order valence-electron chi connectivity index (χ2n) is 3.72. The number of amides is 2. The maximum Gasteiger partial charge on any atom is 0.328 e. The second-order valence-corrected chi connectivity index (χ2v) is 3.72. The van der Waals surface area contributed by atoms with Gasteiger partial charge in [0.25, 0.3) is 0 Å². The van der Waals surface area contributed by atoms with Crippen molar-refractivity contribution in [2.24, 2.45) is 0 Å². The molecule has 0 aliphatic carbocycles. The van der Waals surface area contributed by atoms with E-state index in [1.807, 2.05) is 6.92 Å². The molecule has 0 aromatic carbocycles. The summed E-state index contributed by atoms with van der Waals surface area (Å²) in [6.45, 7) is 3.50. The van der Waals surface area contributed by atoms with Crippen LogP contribution in [0.15, 0.2) is 0 Å². The van der Waals surface area contributed by atoms with E-state index in [9.17, 15) is 14.7 Å². The summed E-state index contributed by atoms with van der Waals surface area (Å²) in [7, 11) is 0. The standard InChI is InChI=1S/C10H20N2O5/c1-3-4-12(5-6-13)10(17)11-8(7(2)14)9(15)16/h7-8,13-14H,3-6H2,1-2H3,(H,11,17)(H,15,16)/t7-,8+/m1/s1. The zero-order valence-corrected chi connectivity index (χ0v) is 10.1. The second kappa shape index (κ2) is 7.86. The Morgan fingerprint density at radius 2 is 1.94 bits per heavy atom. The SMILES string of the molecule is CCCN(CCO)C(=O)N[C@H](C(=O)O)[C@@H](C)O. The van der Waals surface area contributed by atoms with Gasteiger partial charge in [-0.05, 0) is 13.3 Å². The lowest BCUT2D eigenvalue weighted by Gasteiger charge is -2.25. The Morgan fingerprint density at radius 1 is 1.35 bits per heavy atom. The van der Waals surface area contributed by atoms with Crippen LogP contribution in [0.5, 0.6) is 0 Å². The Balaban J connectivity index is 4.50. The lowest BCUT2D eigenvalue weighted by molar-refractivity contribution is -0.141. The highest BCUT2D eigenvalue weighted by atomic mass is 16.4. The van der Waals surface area contributed by atoms with E-state index in [1.54, 1.807) is 0 Å². The number of carbonyl (C=O) groups is 2. The number of carbonyl (C=O) groups excluding carboxylic acids is 1. The fourth-order valence-corrected chi connectivity index (χ4v) is 1.32. The number of rotatable bonds is 7. The average molecular weight is 248 g/mol. The Morgan fingerprint density at radius 3 is 2.29 bits per heavy atom. The van der Waals surface area contributed by atoms with Gasteiger partial charge >= 0.3 is 12.0 Å². The van der Waals surface area contributed by atoms with Crippen molar-refractivity contribution in [1.82, 2.24) is 10.2 Å². The number of aliphatic hydroxyl groups excluding tert-OH is 2. The van der Waals surface area contributed by atoms with Crippen molar-refractivity contribution < 1.29 is 24.9 Å². The molecule has 0 aromatic heterocycles. The summed E-state index contributed by atoms with van der Waals surface area (Å²) in [4.78, 5) is 23.7. The molecule has 0 aliphatic rings. The van der Waals surface area contributed by atoms with E-state index < -0.39 is 24.1 Å². The highest BCUT2D eigenvalue weighted by Gasteiger charge is 2.26. The molecule has 2 amide bonds. The van der Waals surface area contributed by atoms with Gasteiger partial charge in [0.2, 0.25) is 0 Å². The molecular weight excluding hydrogens is 228 g/mol. The smallest absolute Gasteiger partial charge is 0.328 e. The van der Waals surface area contributed by atoms with Crippen LogP contribution in [-0.2, 0) is 4.79 Å². The molecule has 4 N–H and O–H groups in total. The van der Waals surface area contributed by atoms with Gasteiger partial charge in [-0.1, -0.05) is 6.92 Å². The summed E-state index contributed by atoms with van der Waals surface area (Å²) in [5, 5.41) is 29.0. The molecule has 0 saturated heterocycles. The van der Waals surface area contributed by atoms with E-state index in [0.717, 1.165) is 0 Å². The van der Waals surface area contributed by atoms with Crippen LogP contribution in [0, 0.1) is 0 Å². The van der Waals surface area contributed by atoms with Crippen molar-refractivity contribution in [2.75, 3.05) is 19.7 Å². The Labute approximate surface area is 100 Å². The summed E-state index contributed by atoms with van der Waals surface area (Å²) < 4.78 is 0. The predicted molar refractivity (Wildman–Crippen MR) is 60.6 cm³/mol. The third-order valence-electron chi connectivity index (χ3n) is 2.18. The van der Waals surface area contributed by atoms with E-state index >= 15 is 0 Å². The molecule has 17 heavy (non-hydrogen) atoms. The first-order valence-corrected chi connectivity index (χ1v) is 5.51. The number of urea groups is 1. The number of hydrogen-bond acceptors (Lipinski definition) is 4. The molecule has 0 fully saturated rings. The van der Waals surface area contributed by atoms with E-state index in [2.05, 4.69) is 5.32 Å². The monoisotopic (exact) mass is 248 g/mol. The molecule has 0 spiro atoms. The zero-order valence-electron chi connectivity index (χ0n) is 10.1. The van der Waals surface area contributed by atoms with Crippen LogP contribution < -0.4 is 5.32 Å². The highest BCUT2D eigenvalue weighted by molar-refractivity contribution is 5.83. The summed E-state index contributed by atoms with van der Waals surface area (Å²) in [6, 6.07) is -1.95. The Hall–Kier alpha value is -1.34. The maximum absolute atomic E-state index is 11.7. The number of aliphatic hydroxyl groups is 2. The van der Waals surface area contributed by atoms with Gasteiger partial charge in [0.05, 0.1) is 12.7 Å². The topological polar surface area (TPSA) is 110 Å².